The van der Waals surface area contributed by atoms with Crippen LogP contribution in [-0.4, -0.2) is 28.4 Å². The summed E-state index contributed by atoms with van der Waals surface area (Å²) < 4.78 is 6.72. The van der Waals surface area contributed by atoms with Crippen LogP contribution in [0.3, 0.4) is 0 Å². The molecule has 0 spiro atoms. The first-order chi connectivity index (χ1) is 19.0. The summed E-state index contributed by atoms with van der Waals surface area (Å²) in [6.45, 7) is 12.8. The molecule has 0 aliphatic carbocycles. The first-order valence-electron chi connectivity index (χ1n) is 14.3. The van der Waals surface area contributed by atoms with E-state index in [1.807, 2.05) is 6.20 Å². The number of nitrogens with zero attached hydrogens (tertiary/aromatic N) is 3. The number of benzene rings is 2. The van der Waals surface area contributed by atoms with Gasteiger partial charge in [0.25, 0.3) is 0 Å². The first-order valence-corrected chi connectivity index (χ1v) is 16.0. The Balaban J connectivity index is 1.37. The Kier molecular flexibility index (Phi) is 7.73. The van der Waals surface area contributed by atoms with Crippen molar-refractivity contribution in [1.82, 2.24) is 0 Å². The molecule has 1 aromatic heterocycles. The second kappa shape index (κ2) is 11.2. The zero-order valence-corrected chi connectivity index (χ0v) is 26.2. The Hall–Kier alpha value is -2.38. The molecular formula is C34H38IN3S+2. The molecule has 3 aliphatic rings. The molecule has 0 bridgehead atoms. The van der Waals surface area contributed by atoms with Crippen LogP contribution < -0.4 is 9.47 Å². The van der Waals surface area contributed by atoms with E-state index in [4.69, 9.17) is 12.6 Å². The molecule has 0 fully saturated rings. The lowest BCUT2D eigenvalue weighted by Gasteiger charge is -2.37. The Morgan fingerprint density at radius 2 is 1.79 bits per heavy atom. The molecule has 0 saturated heterocycles. The van der Waals surface area contributed by atoms with Gasteiger partial charge in [-0.2, -0.15) is 4.57 Å². The molecule has 6 rings (SSSR count). The number of hydrogen-bond acceptors (Lipinski definition) is 2. The second-order valence-corrected chi connectivity index (χ2v) is 12.2. The molecule has 39 heavy (non-hydrogen) atoms. The highest BCUT2D eigenvalue weighted by Gasteiger charge is 2.30. The predicted octanol–water partition coefficient (Wildman–Crippen LogP) is 7.13. The van der Waals surface area contributed by atoms with Crippen LogP contribution in [0.2, 0.25) is 0 Å². The summed E-state index contributed by atoms with van der Waals surface area (Å²) in [5.74, 6) is 0. The third-order valence-corrected chi connectivity index (χ3v) is 10.2. The van der Waals surface area contributed by atoms with E-state index < -0.39 is 0 Å². The molecule has 0 radical (unpaired) electrons. The highest BCUT2D eigenvalue weighted by atomic mass is 127. The van der Waals surface area contributed by atoms with Gasteiger partial charge in [-0.1, -0.05) is 0 Å². The van der Waals surface area contributed by atoms with E-state index in [0.717, 1.165) is 30.8 Å². The van der Waals surface area contributed by atoms with Gasteiger partial charge in [-0.15, -0.1) is 12.6 Å². The normalized spacial score (nSPS) is 16.2. The van der Waals surface area contributed by atoms with Crippen molar-refractivity contribution in [2.45, 2.75) is 63.8 Å². The fraction of sp³-hybridized carbons (Fsp3) is 0.353. The number of anilines is 1. The molecule has 0 atom stereocenters. The maximum atomic E-state index is 4.98. The Labute approximate surface area is 252 Å². The minimum Gasteiger partial charge on any atom is -0.371 e. The minimum atomic E-state index is 0.903. The molecule has 0 amide bonds. The molecular weight excluding hydrogens is 609 g/mol. The van der Waals surface area contributed by atoms with E-state index in [1.165, 1.54) is 83.5 Å². The fourth-order valence-electron chi connectivity index (χ4n) is 6.87. The molecule has 0 N–H and O–H groups in total. The predicted molar refractivity (Wildman–Crippen MR) is 176 cm³/mol. The van der Waals surface area contributed by atoms with Crippen molar-refractivity contribution in [3.63, 3.8) is 0 Å². The number of halogens is 1. The van der Waals surface area contributed by atoms with Crippen LogP contribution in [0.4, 0.5) is 5.69 Å². The van der Waals surface area contributed by atoms with Gasteiger partial charge in [-0.3, -0.25) is 0 Å². The Bertz CT molecular complexity index is 1500. The van der Waals surface area contributed by atoms with Gasteiger partial charge in [0.15, 0.2) is 19.3 Å². The highest BCUT2D eigenvalue weighted by Crippen LogP contribution is 2.38. The van der Waals surface area contributed by atoms with Crippen molar-refractivity contribution in [3.8, 4) is 11.3 Å². The summed E-state index contributed by atoms with van der Waals surface area (Å²) in [5, 5.41) is 0. The lowest BCUT2D eigenvalue weighted by atomic mass is 9.88. The lowest BCUT2D eigenvalue weighted by molar-refractivity contribution is -0.689. The van der Waals surface area contributed by atoms with Gasteiger partial charge >= 0.3 is 0 Å². The van der Waals surface area contributed by atoms with Crippen molar-refractivity contribution >= 4 is 57.3 Å². The molecule has 5 heteroatoms. The average molecular weight is 648 g/mol. The van der Waals surface area contributed by atoms with Gasteiger partial charge < -0.3 is 4.90 Å². The third-order valence-electron chi connectivity index (χ3n) is 8.86. The number of thiol groups is 1. The average Bonchev–Trinajstić information content (AvgIpc) is 2.95. The number of aryl methyl sites for hydroxylation is 3. The number of hydrogen-bond donors (Lipinski definition) is 1. The van der Waals surface area contributed by atoms with Crippen molar-refractivity contribution in [2.75, 3.05) is 24.5 Å². The largest absolute Gasteiger partial charge is 0.371 e. The summed E-state index contributed by atoms with van der Waals surface area (Å²) in [7, 11) is 0. The standard InChI is InChI=1S/C34H37IN3S/c1-4-36(22-35)17-13-28-21-31-30(24(3)34(28)39)14-18-38-29(11-9-23(2)32(31)38)12-10-25-19-26-7-5-15-37-16-6-8-27(20-25)33(26)37/h4,9-12,19-22H,1,5-8,13-18H2,2-3H3/q+1/p+1/b12-10+,36-22-. The van der Waals surface area contributed by atoms with Gasteiger partial charge in [-0.05, 0) is 110 Å². The summed E-state index contributed by atoms with van der Waals surface area (Å²) in [6.07, 6.45) is 13.5. The summed E-state index contributed by atoms with van der Waals surface area (Å²) in [6, 6.07) is 11.9. The van der Waals surface area contributed by atoms with Crippen molar-refractivity contribution in [3.05, 3.63) is 87.7 Å². The summed E-state index contributed by atoms with van der Waals surface area (Å²) in [5.41, 5.74) is 15.4. The molecule has 200 valence electrons. The summed E-state index contributed by atoms with van der Waals surface area (Å²) in [4.78, 5) is 3.76. The van der Waals surface area contributed by atoms with Gasteiger partial charge in [0, 0.05) is 76.8 Å². The molecule has 0 unspecified atom stereocenters. The molecule has 2 aromatic carbocycles. The van der Waals surface area contributed by atoms with Crippen LogP contribution >= 0.6 is 35.2 Å². The minimum absolute atomic E-state index is 0.903. The van der Waals surface area contributed by atoms with E-state index in [1.54, 1.807) is 16.8 Å². The first kappa shape index (κ1) is 26.8. The van der Waals surface area contributed by atoms with Gasteiger partial charge in [-0.25, -0.2) is 4.58 Å². The van der Waals surface area contributed by atoms with Crippen molar-refractivity contribution in [1.29, 1.82) is 0 Å². The van der Waals surface area contributed by atoms with Crippen LogP contribution in [-0.2, 0) is 32.2 Å². The highest BCUT2D eigenvalue weighted by molar-refractivity contribution is 14.1. The van der Waals surface area contributed by atoms with E-state index in [0.29, 0.717) is 0 Å². The zero-order chi connectivity index (χ0) is 27.1. The molecule has 0 saturated carbocycles. The van der Waals surface area contributed by atoms with E-state index >= 15 is 0 Å². The van der Waals surface area contributed by atoms with Crippen LogP contribution in [0, 0.1) is 13.8 Å². The quantitative estimate of drug-likeness (QED) is 0.130. The number of aromatic nitrogens is 1. The van der Waals surface area contributed by atoms with Gasteiger partial charge in [0.05, 0.1) is 5.56 Å². The zero-order valence-electron chi connectivity index (χ0n) is 23.1. The topological polar surface area (TPSA) is 10.1 Å². The number of fused-ring (bicyclic) bond motifs is 3. The van der Waals surface area contributed by atoms with Gasteiger partial charge in [0.2, 0.25) is 15.6 Å². The summed E-state index contributed by atoms with van der Waals surface area (Å²) >= 11 is 7.26. The second-order valence-electron chi connectivity index (χ2n) is 11.2. The molecule has 3 aliphatic heterocycles. The van der Waals surface area contributed by atoms with Crippen molar-refractivity contribution in [2.24, 2.45) is 0 Å². The van der Waals surface area contributed by atoms with Crippen LogP contribution in [0.5, 0.6) is 0 Å². The van der Waals surface area contributed by atoms with Crippen LogP contribution in [0.25, 0.3) is 23.4 Å². The maximum Gasteiger partial charge on any atom is 0.216 e. The maximum absolute atomic E-state index is 4.98. The van der Waals surface area contributed by atoms with Crippen LogP contribution in [0.15, 0.2) is 48.0 Å². The molecule has 3 nitrogen and oxygen atoms in total. The number of pyridine rings is 1. The number of rotatable bonds is 6. The Morgan fingerprint density at radius 3 is 2.49 bits per heavy atom. The molecule has 4 heterocycles. The van der Waals surface area contributed by atoms with Gasteiger partial charge in [0.1, 0.15) is 0 Å². The van der Waals surface area contributed by atoms with Crippen molar-refractivity contribution < 1.29 is 9.14 Å². The Morgan fingerprint density at radius 1 is 1.05 bits per heavy atom. The lowest BCUT2D eigenvalue weighted by Crippen LogP contribution is -2.44. The smallest absolute Gasteiger partial charge is 0.216 e. The fourth-order valence-corrected chi connectivity index (χ4v) is 7.68. The monoisotopic (exact) mass is 647 g/mol. The SMILES string of the molecule is C=C/[N+](=C/I)CCc1cc2c(c(C)c1S)CC[n+]1c(/C=C/c3cc4c5c(c3)CCCN5CCC4)ccc(C)c1-2. The van der Waals surface area contributed by atoms with Crippen LogP contribution in [0.1, 0.15) is 57.5 Å². The van der Waals surface area contributed by atoms with E-state index in [2.05, 4.69) is 104 Å². The molecule has 3 aromatic rings. The van der Waals surface area contributed by atoms with E-state index in [9.17, 15) is 0 Å². The third kappa shape index (κ3) is 5.01. The van der Waals surface area contributed by atoms with E-state index in [-0.39, 0.29) is 0 Å².